The van der Waals surface area contributed by atoms with Gasteiger partial charge in [-0.1, -0.05) is 0 Å². The molecule has 0 bridgehead atoms. The number of aryl methyl sites for hydroxylation is 1. The van der Waals surface area contributed by atoms with Crippen LogP contribution in [0.4, 0.5) is 5.69 Å². The number of methoxy groups -OCH3 is 2. The minimum atomic E-state index is 0.784. The lowest BCUT2D eigenvalue weighted by molar-refractivity contribution is 0.355. The molecule has 100 valence electrons. The fraction of sp³-hybridized carbons (Fsp3) is 0.571. The number of anilines is 1. The van der Waals surface area contributed by atoms with Gasteiger partial charge in [-0.05, 0) is 42.4 Å². The van der Waals surface area contributed by atoms with Crippen LogP contribution >= 0.6 is 11.8 Å². The molecule has 0 amide bonds. The Morgan fingerprint density at radius 2 is 2.00 bits per heavy atom. The highest BCUT2D eigenvalue weighted by Crippen LogP contribution is 2.33. The zero-order valence-corrected chi connectivity index (χ0v) is 12.1. The summed E-state index contributed by atoms with van der Waals surface area (Å²) in [7, 11) is 3.34. The molecule has 1 N–H and O–H groups in total. The average Bonchev–Trinajstić information content (AvgIpc) is 2.90. The zero-order valence-electron chi connectivity index (χ0n) is 11.3. The normalized spacial score (nSPS) is 18.7. The van der Waals surface area contributed by atoms with Crippen molar-refractivity contribution in [2.45, 2.75) is 13.3 Å². The monoisotopic (exact) mass is 267 g/mol. The van der Waals surface area contributed by atoms with Gasteiger partial charge in [-0.2, -0.15) is 11.8 Å². The third-order valence-electron chi connectivity index (χ3n) is 3.34. The summed E-state index contributed by atoms with van der Waals surface area (Å²) in [6.45, 7) is 3.14. The van der Waals surface area contributed by atoms with Crippen LogP contribution in [0.5, 0.6) is 11.5 Å². The molecule has 0 saturated carbocycles. The molecular formula is C14H21NO2S. The van der Waals surface area contributed by atoms with E-state index in [2.05, 4.69) is 24.0 Å². The molecule has 2 rings (SSSR count). The summed E-state index contributed by atoms with van der Waals surface area (Å²) in [5, 5.41) is 3.53. The van der Waals surface area contributed by atoms with E-state index in [1.165, 1.54) is 23.5 Å². The maximum atomic E-state index is 5.33. The Balaban J connectivity index is 2.06. The van der Waals surface area contributed by atoms with Gasteiger partial charge in [0, 0.05) is 18.3 Å². The standard InChI is InChI=1S/C14H21NO2S/c1-10-6-13(16-2)14(17-3)7-12(10)15-8-11-4-5-18-9-11/h6-7,11,15H,4-5,8-9H2,1-3H3. The Labute approximate surface area is 113 Å². The van der Waals surface area contributed by atoms with Crippen molar-refractivity contribution >= 4 is 17.4 Å². The molecule has 1 saturated heterocycles. The Bertz CT molecular complexity index is 403. The SMILES string of the molecule is COc1cc(C)c(NCC2CCSC2)cc1OC. The van der Waals surface area contributed by atoms with Gasteiger partial charge in [0.05, 0.1) is 14.2 Å². The second kappa shape index (κ2) is 6.23. The average molecular weight is 267 g/mol. The summed E-state index contributed by atoms with van der Waals surface area (Å²) in [6.07, 6.45) is 1.32. The fourth-order valence-electron chi connectivity index (χ4n) is 2.17. The maximum absolute atomic E-state index is 5.33. The Morgan fingerprint density at radius 1 is 1.28 bits per heavy atom. The van der Waals surface area contributed by atoms with E-state index in [-0.39, 0.29) is 0 Å². The van der Waals surface area contributed by atoms with E-state index in [0.717, 1.165) is 29.6 Å². The lowest BCUT2D eigenvalue weighted by Crippen LogP contribution is -2.14. The summed E-state index contributed by atoms with van der Waals surface area (Å²) in [5.41, 5.74) is 2.34. The molecule has 0 aromatic heterocycles. The molecule has 0 radical (unpaired) electrons. The van der Waals surface area contributed by atoms with Crippen LogP contribution in [0.1, 0.15) is 12.0 Å². The van der Waals surface area contributed by atoms with Crippen molar-refractivity contribution in [3.05, 3.63) is 17.7 Å². The van der Waals surface area contributed by atoms with Gasteiger partial charge >= 0.3 is 0 Å². The molecular weight excluding hydrogens is 246 g/mol. The summed E-state index contributed by atoms with van der Waals surface area (Å²) in [4.78, 5) is 0. The van der Waals surface area contributed by atoms with E-state index in [1.54, 1.807) is 14.2 Å². The topological polar surface area (TPSA) is 30.5 Å². The number of rotatable bonds is 5. The predicted molar refractivity (Wildman–Crippen MR) is 78.2 cm³/mol. The van der Waals surface area contributed by atoms with Crippen molar-refractivity contribution in [3.63, 3.8) is 0 Å². The van der Waals surface area contributed by atoms with Gasteiger partial charge < -0.3 is 14.8 Å². The Kier molecular flexibility index (Phi) is 4.64. The molecule has 1 fully saturated rings. The fourth-order valence-corrected chi connectivity index (χ4v) is 3.45. The third-order valence-corrected chi connectivity index (χ3v) is 4.57. The van der Waals surface area contributed by atoms with Crippen LogP contribution in [0.15, 0.2) is 12.1 Å². The number of nitrogens with one attached hydrogen (secondary N) is 1. The number of benzene rings is 1. The second-order valence-corrected chi connectivity index (χ2v) is 5.78. The van der Waals surface area contributed by atoms with E-state index in [9.17, 15) is 0 Å². The minimum absolute atomic E-state index is 0.784. The van der Waals surface area contributed by atoms with E-state index in [0.29, 0.717) is 0 Å². The number of thioether (sulfide) groups is 1. The van der Waals surface area contributed by atoms with E-state index >= 15 is 0 Å². The van der Waals surface area contributed by atoms with Crippen molar-refractivity contribution in [2.24, 2.45) is 5.92 Å². The molecule has 18 heavy (non-hydrogen) atoms. The number of hydrogen-bond acceptors (Lipinski definition) is 4. The van der Waals surface area contributed by atoms with Crippen molar-refractivity contribution in [1.29, 1.82) is 0 Å². The first-order valence-corrected chi connectivity index (χ1v) is 7.44. The smallest absolute Gasteiger partial charge is 0.162 e. The molecule has 1 aromatic carbocycles. The third kappa shape index (κ3) is 3.05. The van der Waals surface area contributed by atoms with Gasteiger partial charge in [0.1, 0.15) is 0 Å². The van der Waals surface area contributed by atoms with Gasteiger partial charge in [-0.25, -0.2) is 0 Å². The molecule has 1 aromatic rings. The first kappa shape index (κ1) is 13.4. The van der Waals surface area contributed by atoms with Crippen molar-refractivity contribution in [1.82, 2.24) is 0 Å². The summed E-state index contributed by atoms with van der Waals surface area (Å²) in [6, 6.07) is 4.04. The molecule has 1 unspecified atom stereocenters. The highest BCUT2D eigenvalue weighted by Gasteiger charge is 2.16. The molecule has 4 heteroatoms. The van der Waals surface area contributed by atoms with Crippen molar-refractivity contribution in [2.75, 3.05) is 37.6 Å². The summed E-state index contributed by atoms with van der Waals surface area (Å²) in [5.74, 6) is 4.95. The molecule has 1 atom stereocenters. The van der Waals surface area contributed by atoms with Crippen LogP contribution in [0.25, 0.3) is 0 Å². The predicted octanol–water partition coefficient (Wildman–Crippen LogP) is 3.18. The van der Waals surface area contributed by atoms with Gasteiger partial charge in [0.15, 0.2) is 11.5 Å². The van der Waals surface area contributed by atoms with Crippen LogP contribution in [-0.4, -0.2) is 32.3 Å². The molecule has 3 nitrogen and oxygen atoms in total. The zero-order chi connectivity index (χ0) is 13.0. The van der Waals surface area contributed by atoms with Crippen molar-refractivity contribution in [3.8, 4) is 11.5 Å². The van der Waals surface area contributed by atoms with E-state index in [4.69, 9.17) is 9.47 Å². The van der Waals surface area contributed by atoms with Gasteiger partial charge in [0.25, 0.3) is 0 Å². The summed E-state index contributed by atoms with van der Waals surface area (Å²) < 4.78 is 10.6. The molecule has 1 heterocycles. The Hall–Kier alpha value is -1.03. The number of ether oxygens (including phenoxy) is 2. The number of hydrogen-bond donors (Lipinski definition) is 1. The molecule has 1 aliphatic rings. The van der Waals surface area contributed by atoms with E-state index < -0.39 is 0 Å². The lowest BCUT2D eigenvalue weighted by atomic mass is 10.1. The molecule has 0 spiro atoms. The van der Waals surface area contributed by atoms with Gasteiger partial charge in [-0.3, -0.25) is 0 Å². The van der Waals surface area contributed by atoms with Gasteiger partial charge in [0.2, 0.25) is 0 Å². The van der Waals surface area contributed by atoms with Gasteiger partial charge in [-0.15, -0.1) is 0 Å². The Morgan fingerprint density at radius 3 is 2.61 bits per heavy atom. The first-order valence-electron chi connectivity index (χ1n) is 6.29. The van der Waals surface area contributed by atoms with Crippen LogP contribution < -0.4 is 14.8 Å². The second-order valence-electron chi connectivity index (χ2n) is 4.63. The van der Waals surface area contributed by atoms with Crippen molar-refractivity contribution < 1.29 is 9.47 Å². The molecule has 1 aliphatic heterocycles. The van der Waals surface area contributed by atoms with Crippen LogP contribution in [-0.2, 0) is 0 Å². The minimum Gasteiger partial charge on any atom is -0.493 e. The highest BCUT2D eigenvalue weighted by atomic mass is 32.2. The quantitative estimate of drug-likeness (QED) is 0.887. The first-order chi connectivity index (χ1) is 8.74. The molecule has 0 aliphatic carbocycles. The maximum Gasteiger partial charge on any atom is 0.162 e. The van der Waals surface area contributed by atoms with E-state index in [1.807, 2.05) is 12.1 Å². The van der Waals surface area contributed by atoms with Crippen LogP contribution in [0.2, 0.25) is 0 Å². The van der Waals surface area contributed by atoms with Crippen LogP contribution in [0.3, 0.4) is 0 Å². The highest BCUT2D eigenvalue weighted by molar-refractivity contribution is 7.99. The largest absolute Gasteiger partial charge is 0.493 e. The van der Waals surface area contributed by atoms with Crippen LogP contribution in [0, 0.1) is 12.8 Å². The summed E-state index contributed by atoms with van der Waals surface area (Å²) >= 11 is 2.05. The lowest BCUT2D eigenvalue weighted by Gasteiger charge is -2.16.